The van der Waals surface area contributed by atoms with Crippen LogP contribution in [0.3, 0.4) is 0 Å². The number of likely N-dealkylation sites (tertiary alicyclic amines) is 1. The fourth-order valence-corrected chi connectivity index (χ4v) is 3.87. The van der Waals surface area contributed by atoms with E-state index in [1.807, 2.05) is 13.8 Å². The Hall–Kier alpha value is -1.24. The summed E-state index contributed by atoms with van der Waals surface area (Å²) in [7, 11) is 0. The van der Waals surface area contributed by atoms with Crippen molar-refractivity contribution in [2.24, 2.45) is 5.73 Å². The molecule has 3 N–H and O–H groups in total. The molecule has 1 fully saturated rings. The number of hydrogen-bond acceptors (Lipinski definition) is 5. The highest BCUT2D eigenvalue weighted by molar-refractivity contribution is 7.18. The molecular weight excluding hydrogens is 272 g/mol. The molecule has 20 heavy (non-hydrogen) atoms. The Morgan fingerprint density at radius 1 is 1.50 bits per heavy atom. The molecule has 0 aliphatic carbocycles. The van der Waals surface area contributed by atoms with Gasteiger partial charge in [0.25, 0.3) is 5.56 Å². The van der Waals surface area contributed by atoms with E-state index >= 15 is 0 Å². The number of nitrogens with two attached hydrogens (primary N) is 1. The second kappa shape index (κ2) is 5.27. The van der Waals surface area contributed by atoms with Gasteiger partial charge >= 0.3 is 0 Å². The van der Waals surface area contributed by atoms with Crippen LogP contribution in [0.15, 0.2) is 4.79 Å². The van der Waals surface area contributed by atoms with Crippen molar-refractivity contribution in [3.05, 3.63) is 26.6 Å². The van der Waals surface area contributed by atoms with Crippen LogP contribution in [0.5, 0.6) is 0 Å². The van der Waals surface area contributed by atoms with Crippen molar-refractivity contribution in [1.82, 2.24) is 14.9 Å². The first-order valence-corrected chi connectivity index (χ1v) is 7.83. The highest BCUT2D eigenvalue weighted by atomic mass is 32.1. The summed E-state index contributed by atoms with van der Waals surface area (Å²) in [5.74, 6) is 0.748. The molecule has 1 aliphatic rings. The zero-order chi connectivity index (χ0) is 14.3. The smallest absolute Gasteiger partial charge is 0.259 e. The van der Waals surface area contributed by atoms with Gasteiger partial charge in [-0.15, -0.1) is 11.3 Å². The van der Waals surface area contributed by atoms with Crippen LogP contribution in [-0.2, 0) is 6.54 Å². The molecule has 2 aromatic heterocycles. The minimum atomic E-state index is -0.0202. The van der Waals surface area contributed by atoms with Gasteiger partial charge in [-0.2, -0.15) is 0 Å². The summed E-state index contributed by atoms with van der Waals surface area (Å²) < 4.78 is 0. The second-order valence-corrected chi connectivity index (χ2v) is 6.82. The van der Waals surface area contributed by atoms with Crippen LogP contribution in [0.1, 0.15) is 29.1 Å². The zero-order valence-electron chi connectivity index (χ0n) is 11.9. The number of nitrogens with zero attached hydrogens (tertiary/aromatic N) is 2. The molecule has 0 spiro atoms. The van der Waals surface area contributed by atoms with Gasteiger partial charge in [0, 0.05) is 17.5 Å². The number of nitrogens with one attached hydrogen (secondary N) is 1. The molecule has 0 aromatic carbocycles. The summed E-state index contributed by atoms with van der Waals surface area (Å²) >= 11 is 1.60. The van der Waals surface area contributed by atoms with Crippen molar-refractivity contribution in [1.29, 1.82) is 0 Å². The molecule has 6 heteroatoms. The van der Waals surface area contributed by atoms with Crippen LogP contribution in [0.25, 0.3) is 10.2 Å². The second-order valence-electron chi connectivity index (χ2n) is 5.61. The van der Waals surface area contributed by atoms with Gasteiger partial charge < -0.3 is 10.7 Å². The summed E-state index contributed by atoms with van der Waals surface area (Å²) in [4.78, 5) is 24.0. The summed E-state index contributed by atoms with van der Waals surface area (Å²) in [6.07, 6.45) is 2.20. The SMILES string of the molecule is Cc1sc2nc(CN3CCC[C@@H](N)C3)[nH]c(=O)c2c1C. The topological polar surface area (TPSA) is 75.0 Å². The van der Waals surface area contributed by atoms with Crippen molar-refractivity contribution in [3.63, 3.8) is 0 Å². The number of aromatic amines is 1. The van der Waals surface area contributed by atoms with E-state index in [2.05, 4.69) is 14.9 Å². The lowest BCUT2D eigenvalue weighted by atomic mass is 10.1. The Labute approximate surface area is 121 Å². The Morgan fingerprint density at radius 3 is 3.05 bits per heavy atom. The van der Waals surface area contributed by atoms with Crippen molar-refractivity contribution in [2.75, 3.05) is 13.1 Å². The number of piperidine rings is 1. The normalized spacial score (nSPS) is 20.6. The average Bonchev–Trinajstić information content (AvgIpc) is 2.65. The maximum absolute atomic E-state index is 12.2. The first kappa shape index (κ1) is 13.7. The number of aromatic nitrogens is 2. The summed E-state index contributed by atoms with van der Waals surface area (Å²) in [5.41, 5.74) is 7.02. The highest BCUT2D eigenvalue weighted by Crippen LogP contribution is 2.25. The van der Waals surface area contributed by atoms with Crippen LogP contribution < -0.4 is 11.3 Å². The third kappa shape index (κ3) is 2.51. The van der Waals surface area contributed by atoms with E-state index in [0.717, 1.165) is 52.4 Å². The molecule has 1 atom stereocenters. The van der Waals surface area contributed by atoms with Crippen molar-refractivity contribution >= 4 is 21.6 Å². The van der Waals surface area contributed by atoms with Crippen LogP contribution >= 0.6 is 11.3 Å². The fraction of sp³-hybridized carbons (Fsp3) is 0.571. The first-order valence-electron chi connectivity index (χ1n) is 7.01. The summed E-state index contributed by atoms with van der Waals surface area (Å²) in [5, 5.41) is 0.742. The molecule has 1 aliphatic heterocycles. The fourth-order valence-electron chi connectivity index (χ4n) is 2.82. The van der Waals surface area contributed by atoms with Gasteiger partial charge in [-0.25, -0.2) is 4.98 Å². The van der Waals surface area contributed by atoms with Crippen LogP contribution in [0.2, 0.25) is 0 Å². The van der Waals surface area contributed by atoms with Crippen molar-refractivity contribution < 1.29 is 0 Å². The largest absolute Gasteiger partial charge is 0.327 e. The Balaban J connectivity index is 1.91. The van der Waals surface area contributed by atoms with Gasteiger partial charge in [0.1, 0.15) is 10.7 Å². The predicted molar refractivity (Wildman–Crippen MR) is 82.2 cm³/mol. The van der Waals surface area contributed by atoms with Crippen LogP contribution in [0, 0.1) is 13.8 Å². The van der Waals surface area contributed by atoms with E-state index in [9.17, 15) is 4.79 Å². The highest BCUT2D eigenvalue weighted by Gasteiger charge is 2.18. The lowest BCUT2D eigenvalue weighted by molar-refractivity contribution is 0.197. The third-order valence-corrected chi connectivity index (χ3v) is 5.10. The molecule has 1 saturated heterocycles. The maximum atomic E-state index is 12.2. The van der Waals surface area contributed by atoms with Crippen LogP contribution in [0.4, 0.5) is 0 Å². The molecule has 0 amide bonds. The van der Waals surface area contributed by atoms with Crippen molar-refractivity contribution in [3.8, 4) is 0 Å². The molecule has 0 bridgehead atoms. The van der Waals surface area contributed by atoms with Gasteiger partial charge in [0.05, 0.1) is 11.9 Å². The molecule has 3 rings (SSSR count). The Morgan fingerprint density at radius 2 is 2.30 bits per heavy atom. The van der Waals surface area contributed by atoms with E-state index in [0.29, 0.717) is 6.54 Å². The predicted octanol–water partition coefficient (Wildman–Crippen LogP) is 1.52. The summed E-state index contributed by atoms with van der Waals surface area (Å²) in [6, 6.07) is 0.241. The minimum Gasteiger partial charge on any atom is -0.327 e. The zero-order valence-corrected chi connectivity index (χ0v) is 12.7. The average molecular weight is 292 g/mol. The Kier molecular flexibility index (Phi) is 3.62. The van der Waals surface area contributed by atoms with E-state index in [1.54, 1.807) is 11.3 Å². The van der Waals surface area contributed by atoms with Gasteiger partial charge in [-0.3, -0.25) is 9.69 Å². The standard InChI is InChI=1S/C14H20N4OS/c1-8-9(2)20-14-12(8)13(19)16-11(17-14)7-18-5-3-4-10(15)6-18/h10H,3-7,15H2,1-2H3,(H,16,17,19)/t10-/m1/s1. The molecule has 3 heterocycles. The number of thiophene rings is 1. The minimum absolute atomic E-state index is 0.0202. The quantitative estimate of drug-likeness (QED) is 0.880. The number of hydrogen-bond donors (Lipinski definition) is 2. The third-order valence-electron chi connectivity index (χ3n) is 4.00. The van der Waals surface area contributed by atoms with E-state index in [-0.39, 0.29) is 11.6 Å². The van der Waals surface area contributed by atoms with Gasteiger partial charge in [-0.1, -0.05) is 0 Å². The molecule has 2 aromatic rings. The number of H-pyrrole nitrogens is 1. The van der Waals surface area contributed by atoms with E-state index < -0.39 is 0 Å². The van der Waals surface area contributed by atoms with E-state index in [4.69, 9.17) is 5.73 Å². The molecule has 0 saturated carbocycles. The van der Waals surface area contributed by atoms with E-state index in [1.165, 1.54) is 0 Å². The molecule has 0 unspecified atom stereocenters. The number of aryl methyl sites for hydroxylation is 2. The monoisotopic (exact) mass is 292 g/mol. The molecule has 5 nitrogen and oxygen atoms in total. The lowest BCUT2D eigenvalue weighted by Gasteiger charge is -2.30. The molecule has 108 valence electrons. The molecule has 0 radical (unpaired) electrons. The summed E-state index contributed by atoms with van der Waals surface area (Å²) in [6.45, 7) is 6.59. The van der Waals surface area contributed by atoms with Crippen molar-refractivity contribution in [2.45, 2.75) is 39.3 Å². The Bertz CT molecular complexity index is 690. The first-order chi connectivity index (χ1) is 9.54. The van der Waals surface area contributed by atoms with Crippen LogP contribution in [-0.4, -0.2) is 34.0 Å². The maximum Gasteiger partial charge on any atom is 0.259 e. The number of fused-ring (bicyclic) bond motifs is 1. The van der Waals surface area contributed by atoms with Gasteiger partial charge in [0.2, 0.25) is 0 Å². The van der Waals surface area contributed by atoms with Gasteiger partial charge in [0.15, 0.2) is 0 Å². The number of rotatable bonds is 2. The lowest BCUT2D eigenvalue weighted by Crippen LogP contribution is -2.42. The van der Waals surface area contributed by atoms with Gasteiger partial charge in [-0.05, 0) is 38.8 Å². The molecular formula is C14H20N4OS.